The molecule has 1 saturated carbocycles. The number of fused-ring (bicyclic) bond motifs is 4. The number of aromatic nitrogens is 2. The smallest absolute Gasteiger partial charge is 0.137 e. The maximum absolute atomic E-state index is 6.52. The molecule has 0 bridgehead atoms. The van der Waals surface area contributed by atoms with Crippen molar-refractivity contribution in [1.29, 1.82) is 0 Å². The normalized spacial score (nSPS) is 27.4. The Kier molecular flexibility index (Phi) is 4.11. The number of nitrogens with zero attached hydrogens (tertiary/aromatic N) is 2. The maximum atomic E-state index is 6.52. The van der Waals surface area contributed by atoms with E-state index in [0.717, 1.165) is 44.4 Å². The third-order valence-electron chi connectivity index (χ3n) is 7.16. The van der Waals surface area contributed by atoms with Gasteiger partial charge >= 0.3 is 0 Å². The predicted molar refractivity (Wildman–Crippen MR) is 112 cm³/mol. The van der Waals surface area contributed by atoms with Crippen LogP contribution in [0.3, 0.4) is 0 Å². The lowest BCUT2D eigenvalue weighted by atomic mass is 9.68. The number of aromatic amines is 1. The Bertz CT molecular complexity index is 1010. The molecule has 1 aliphatic heterocycles. The van der Waals surface area contributed by atoms with Gasteiger partial charge in [-0.15, -0.1) is 0 Å². The molecule has 0 atom stereocenters. The van der Waals surface area contributed by atoms with Crippen molar-refractivity contribution in [2.24, 2.45) is 0 Å². The maximum Gasteiger partial charge on any atom is 0.137 e. The number of benzene rings is 1. The summed E-state index contributed by atoms with van der Waals surface area (Å²) in [4.78, 5) is 10.6. The van der Waals surface area contributed by atoms with Gasteiger partial charge in [-0.2, -0.15) is 0 Å². The van der Waals surface area contributed by atoms with Crippen molar-refractivity contribution in [3.05, 3.63) is 65.0 Å². The van der Waals surface area contributed by atoms with E-state index in [1.807, 2.05) is 12.3 Å². The van der Waals surface area contributed by atoms with Crippen LogP contribution in [-0.4, -0.2) is 35.6 Å². The second kappa shape index (κ2) is 6.43. The van der Waals surface area contributed by atoms with Gasteiger partial charge < -0.3 is 9.72 Å². The van der Waals surface area contributed by atoms with Crippen molar-refractivity contribution in [2.45, 2.75) is 50.2 Å². The average molecular weight is 376 g/mol. The molecule has 146 valence electrons. The molecule has 4 nitrogen and oxygen atoms in total. The van der Waals surface area contributed by atoms with Gasteiger partial charge in [-0.05, 0) is 76.4 Å². The number of rotatable bonds is 2. The summed E-state index contributed by atoms with van der Waals surface area (Å²) in [5.74, 6) is 0. The van der Waals surface area contributed by atoms with Crippen molar-refractivity contribution in [1.82, 2.24) is 14.9 Å². The monoisotopic (exact) mass is 375 g/mol. The fourth-order valence-corrected chi connectivity index (χ4v) is 5.54. The molecule has 0 unspecified atom stereocenters. The average Bonchev–Trinajstić information content (AvgIpc) is 3.09. The zero-order valence-corrected chi connectivity index (χ0v) is 17.1. The number of pyridine rings is 1. The van der Waals surface area contributed by atoms with Gasteiger partial charge in [0.15, 0.2) is 0 Å². The molecular weight excluding hydrogens is 346 g/mol. The van der Waals surface area contributed by atoms with Gasteiger partial charge in [-0.25, -0.2) is 4.98 Å². The van der Waals surface area contributed by atoms with E-state index in [4.69, 9.17) is 4.74 Å². The van der Waals surface area contributed by atoms with Gasteiger partial charge in [0.05, 0.1) is 12.3 Å². The molecule has 1 aromatic carbocycles. The Balaban J connectivity index is 1.53. The molecule has 1 N–H and O–H groups in total. The summed E-state index contributed by atoms with van der Waals surface area (Å²) in [6.07, 6.45) is 7.07. The minimum atomic E-state index is -0.197. The highest BCUT2D eigenvalue weighted by molar-refractivity contribution is 5.82. The molecule has 4 heteroatoms. The van der Waals surface area contributed by atoms with Crippen LogP contribution in [0.5, 0.6) is 0 Å². The highest BCUT2D eigenvalue weighted by Crippen LogP contribution is 2.52. The number of H-pyrrole nitrogens is 1. The molecule has 1 spiro atoms. The summed E-state index contributed by atoms with van der Waals surface area (Å²) in [6, 6.07) is 13.3. The van der Waals surface area contributed by atoms with Crippen LogP contribution in [0, 0.1) is 6.92 Å². The Hall–Kier alpha value is -2.17. The Labute approximate surface area is 166 Å². The zero-order chi connectivity index (χ0) is 19.4. The van der Waals surface area contributed by atoms with Crippen molar-refractivity contribution in [3.63, 3.8) is 0 Å². The first-order valence-electron chi connectivity index (χ1n) is 10.4. The van der Waals surface area contributed by atoms with Crippen LogP contribution >= 0.6 is 0 Å². The molecule has 1 aliphatic carbocycles. The minimum Gasteiger partial charge on any atom is -0.368 e. The summed E-state index contributed by atoms with van der Waals surface area (Å²) in [5.41, 5.74) is 6.34. The molecule has 3 heterocycles. The molecule has 1 fully saturated rings. The first kappa shape index (κ1) is 17.9. The first-order chi connectivity index (χ1) is 13.5. The topological polar surface area (TPSA) is 41.1 Å². The Morgan fingerprint density at radius 2 is 1.89 bits per heavy atom. The second-order valence-corrected chi connectivity index (χ2v) is 8.77. The van der Waals surface area contributed by atoms with Crippen LogP contribution in [0.2, 0.25) is 0 Å². The van der Waals surface area contributed by atoms with Gasteiger partial charge in [-0.3, -0.25) is 4.90 Å². The van der Waals surface area contributed by atoms with Crippen LogP contribution < -0.4 is 0 Å². The lowest BCUT2D eigenvalue weighted by molar-refractivity contribution is -0.113. The molecule has 28 heavy (non-hydrogen) atoms. The van der Waals surface area contributed by atoms with E-state index in [0.29, 0.717) is 0 Å². The minimum absolute atomic E-state index is 0.0719. The fraction of sp³-hybridized carbons (Fsp3) is 0.458. The van der Waals surface area contributed by atoms with E-state index in [1.54, 1.807) is 0 Å². The molecule has 3 aromatic rings. The summed E-state index contributed by atoms with van der Waals surface area (Å²) < 4.78 is 6.52. The summed E-state index contributed by atoms with van der Waals surface area (Å²) in [7, 11) is 4.45. The summed E-state index contributed by atoms with van der Waals surface area (Å²) in [5, 5.41) is 1.27. The van der Waals surface area contributed by atoms with Crippen molar-refractivity contribution in [2.75, 3.05) is 20.7 Å². The van der Waals surface area contributed by atoms with Gasteiger partial charge in [0, 0.05) is 17.1 Å². The quantitative estimate of drug-likeness (QED) is 0.708. The second-order valence-electron chi connectivity index (χ2n) is 8.77. The third-order valence-corrected chi connectivity index (χ3v) is 7.16. The number of hydrogen-bond acceptors (Lipinski definition) is 3. The Morgan fingerprint density at radius 3 is 2.64 bits per heavy atom. The van der Waals surface area contributed by atoms with E-state index in [2.05, 4.69) is 66.2 Å². The number of ether oxygens (including phenoxy) is 1. The molecular formula is C24H29N3O. The number of hydrogen-bond donors (Lipinski definition) is 1. The molecule has 2 aromatic heterocycles. The van der Waals surface area contributed by atoms with E-state index >= 15 is 0 Å². The van der Waals surface area contributed by atoms with Crippen LogP contribution in [0.15, 0.2) is 42.6 Å². The van der Waals surface area contributed by atoms with Crippen molar-refractivity contribution >= 4 is 11.0 Å². The molecule has 2 aliphatic rings. The van der Waals surface area contributed by atoms with Crippen molar-refractivity contribution < 1.29 is 4.74 Å². The molecule has 0 saturated heterocycles. The largest absolute Gasteiger partial charge is 0.368 e. The van der Waals surface area contributed by atoms with E-state index < -0.39 is 0 Å². The van der Waals surface area contributed by atoms with Crippen LogP contribution in [0.1, 0.15) is 48.1 Å². The third kappa shape index (κ3) is 2.55. The lowest BCUT2D eigenvalue weighted by Crippen LogP contribution is -2.50. The van der Waals surface area contributed by atoms with Crippen LogP contribution in [-0.2, 0) is 22.3 Å². The Morgan fingerprint density at radius 1 is 1.07 bits per heavy atom. The number of aryl methyl sites for hydroxylation is 1. The van der Waals surface area contributed by atoms with Crippen LogP contribution in [0.4, 0.5) is 0 Å². The van der Waals surface area contributed by atoms with Crippen LogP contribution in [0.25, 0.3) is 11.0 Å². The molecule has 0 amide bonds. The van der Waals surface area contributed by atoms with Gasteiger partial charge in [0.1, 0.15) is 11.2 Å². The zero-order valence-electron chi connectivity index (χ0n) is 17.1. The molecule has 0 radical (unpaired) electrons. The van der Waals surface area contributed by atoms with Gasteiger partial charge in [-0.1, -0.05) is 29.8 Å². The number of nitrogens with one attached hydrogen (secondary N) is 1. The van der Waals surface area contributed by atoms with Gasteiger partial charge in [0.2, 0.25) is 0 Å². The standard InChI is InChI=1S/C24H29N3O/c1-17-6-4-7-18(16-17)23(27(2)3)10-12-24(13-11-23)21-19(9-15-28-24)20-8-5-14-25-22(20)26-21/h4-8,14,16H,9-13,15H2,1-3H3,(H,25,26). The molecule has 5 rings (SSSR count). The van der Waals surface area contributed by atoms with E-state index in [1.165, 1.54) is 27.8 Å². The van der Waals surface area contributed by atoms with Crippen molar-refractivity contribution in [3.8, 4) is 0 Å². The van der Waals surface area contributed by atoms with E-state index in [-0.39, 0.29) is 11.1 Å². The fourth-order valence-electron chi connectivity index (χ4n) is 5.54. The van der Waals surface area contributed by atoms with Gasteiger partial charge in [0.25, 0.3) is 0 Å². The lowest BCUT2D eigenvalue weighted by Gasteiger charge is -2.50. The van der Waals surface area contributed by atoms with E-state index in [9.17, 15) is 0 Å². The first-order valence-corrected chi connectivity index (χ1v) is 10.4. The SMILES string of the molecule is Cc1cccc(C2(N(C)C)CCC3(CC2)OCCc2c3[nH]c3ncccc23)c1. The highest BCUT2D eigenvalue weighted by Gasteiger charge is 2.49. The summed E-state index contributed by atoms with van der Waals surface area (Å²) >= 11 is 0. The highest BCUT2D eigenvalue weighted by atomic mass is 16.5. The summed E-state index contributed by atoms with van der Waals surface area (Å²) in [6.45, 7) is 2.99. The predicted octanol–water partition coefficient (Wildman–Crippen LogP) is 4.67.